The van der Waals surface area contributed by atoms with Crippen LogP contribution in [-0.4, -0.2) is 4.57 Å². The molecular formula is C43H69NO. The van der Waals surface area contributed by atoms with Crippen LogP contribution in [0.15, 0.2) is 4.79 Å². The highest BCUT2D eigenvalue weighted by molar-refractivity contribution is 5.39. The quantitative estimate of drug-likeness (QED) is 0.126. The Morgan fingerprint density at radius 2 is 0.867 bits per heavy atom. The predicted molar refractivity (Wildman–Crippen MR) is 196 cm³/mol. The van der Waals surface area contributed by atoms with E-state index < -0.39 is 0 Å². The van der Waals surface area contributed by atoms with Gasteiger partial charge in [-0.3, -0.25) is 4.79 Å². The first-order valence-electron chi connectivity index (χ1n) is 20.0. The summed E-state index contributed by atoms with van der Waals surface area (Å²) in [6.07, 6.45) is 39.5. The molecule has 1 aromatic rings. The van der Waals surface area contributed by atoms with E-state index >= 15 is 0 Å². The van der Waals surface area contributed by atoms with Crippen LogP contribution < -0.4 is 5.56 Å². The van der Waals surface area contributed by atoms with Crippen molar-refractivity contribution in [3.8, 4) is 23.7 Å². The average Bonchev–Trinajstić information content (AvgIpc) is 3.03. The van der Waals surface area contributed by atoms with Crippen molar-refractivity contribution in [3.63, 3.8) is 0 Å². The number of rotatable bonds is 17. The van der Waals surface area contributed by atoms with Crippen LogP contribution in [0.2, 0.25) is 0 Å². The Balaban J connectivity index is 1.54. The number of nitrogens with zero attached hydrogens (tertiary/aromatic N) is 1. The first kappa shape index (κ1) is 37.5. The molecule has 2 aliphatic carbocycles. The van der Waals surface area contributed by atoms with E-state index in [1.807, 2.05) is 0 Å². The summed E-state index contributed by atoms with van der Waals surface area (Å²) in [6, 6.07) is 0. The SMILES string of the molecule is CCCCCCCCCCCCCCCCCCn1c2c(c3c(c1=O)CCCCCC#CCCC3)CCCC#CCCCCC2. The minimum atomic E-state index is 0.361. The summed E-state index contributed by atoms with van der Waals surface area (Å²) >= 11 is 0. The lowest BCUT2D eigenvalue weighted by Crippen LogP contribution is -2.31. The lowest BCUT2D eigenvalue weighted by atomic mass is 9.88. The van der Waals surface area contributed by atoms with Gasteiger partial charge in [0, 0.05) is 43.5 Å². The molecule has 2 heteroatoms. The number of hydrogen-bond acceptors (Lipinski definition) is 1. The molecule has 0 aromatic carbocycles. The normalized spacial score (nSPS) is 16.3. The van der Waals surface area contributed by atoms with Gasteiger partial charge in [-0.25, -0.2) is 0 Å². The van der Waals surface area contributed by atoms with Gasteiger partial charge in [0.25, 0.3) is 5.56 Å². The standard InChI is InChI=1S/C43H69NO/c1-2-3-4-5-6-7-8-9-10-11-12-13-18-23-28-33-38-44-42-37-32-27-22-17-16-20-25-30-35-40(42)39-34-29-24-19-14-15-21-26-31-36-41(39)43(44)45/h2-13,15,17-18,21-38H2,1H3. The minimum absolute atomic E-state index is 0.361. The number of aromatic nitrogens is 1. The third-order valence-corrected chi connectivity index (χ3v) is 10.3. The maximum absolute atomic E-state index is 14.3. The van der Waals surface area contributed by atoms with Crippen molar-refractivity contribution in [1.82, 2.24) is 4.57 Å². The van der Waals surface area contributed by atoms with Gasteiger partial charge in [-0.1, -0.05) is 116 Å². The first-order valence-corrected chi connectivity index (χ1v) is 20.0. The molecular weight excluding hydrogens is 546 g/mol. The zero-order valence-corrected chi connectivity index (χ0v) is 29.7. The van der Waals surface area contributed by atoms with Gasteiger partial charge in [0.2, 0.25) is 0 Å². The highest BCUT2D eigenvalue weighted by Crippen LogP contribution is 2.26. The van der Waals surface area contributed by atoms with Gasteiger partial charge < -0.3 is 4.57 Å². The zero-order chi connectivity index (χ0) is 31.6. The average molecular weight is 616 g/mol. The van der Waals surface area contributed by atoms with Gasteiger partial charge in [0.15, 0.2) is 0 Å². The highest BCUT2D eigenvalue weighted by Gasteiger charge is 2.21. The Kier molecular flexibility index (Phi) is 21.0. The molecule has 0 amide bonds. The Morgan fingerprint density at radius 3 is 1.40 bits per heavy atom. The number of pyridine rings is 1. The van der Waals surface area contributed by atoms with E-state index in [9.17, 15) is 4.79 Å². The second-order valence-electron chi connectivity index (χ2n) is 14.2. The topological polar surface area (TPSA) is 22.0 Å². The summed E-state index contributed by atoms with van der Waals surface area (Å²) in [4.78, 5) is 14.3. The molecule has 0 unspecified atom stereocenters. The third kappa shape index (κ3) is 15.5. The van der Waals surface area contributed by atoms with Crippen LogP contribution in [0.4, 0.5) is 0 Å². The molecule has 2 aliphatic rings. The van der Waals surface area contributed by atoms with Gasteiger partial charge in [-0.2, -0.15) is 0 Å². The predicted octanol–water partition coefficient (Wildman–Crippen LogP) is 12.0. The Labute approximate surface area is 279 Å². The van der Waals surface area contributed by atoms with Crippen LogP contribution in [0, 0.1) is 23.7 Å². The van der Waals surface area contributed by atoms with Gasteiger partial charge in [0.1, 0.15) is 0 Å². The molecule has 0 spiro atoms. The Morgan fingerprint density at radius 1 is 0.444 bits per heavy atom. The number of unbranched alkanes of at least 4 members (excludes halogenated alkanes) is 15. The van der Waals surface area contributed by atoms with Crippen molar-refractivity contribution in [2.75, 3.05) is 0 Å². The summed E-state index contributed by atoms with van der Waals surface area (Å²) in [7, 11) is 0. The molecule has 0 saturated heterocycles. The van der Waals surface area contributed by atoms with Crippen molar-refractivity contribution in [1.29, 1.82) is 0 Å². The molecule has 0 radical (unpaired) electrons. The lowest BCUT2D eigenvalue weighted by molar-refractivity contribution is 0.507. The first-order chi connectivity index (χ1) is 22.3. The smallest absolute Gasteiger partial charge is 0.254 e. The monoisotopic (exact) mass is 616 g/mol. The highest BCUT2D eigenvalue weighted by atomic mass is 16.1. The summed E-state index contributed by atoms with van der Waals surface area (Å²) in [5.74, 6) is 13.7. The van der Waals surface area contributed by atoms with Crippen LogP contribution in [-0.2, 0) is 32.2 Å². The van der Waals surface area contributed by atoms with E-state index in [1.54, 1.807) is 0 Å². The Hall–Kier alpha value is -1.93. The second-order valence-corrected chi connectivity index (χ2v) is 14.2. The van der Waals surface area contributed by atoms with Crippen LogP contribution >= 0.6 is 0 Å². The molecule has 1 heterocycles. The van der Waals surface area contributed by atoms with E-state index in [0.29, 0.717) is 5.56 Å². The molecule has 0 fully saturated rings. The van der Waals surface area contributed by atoms with E-state index in [4.69, 9.17) is 0 Å². The summed E-state index contributed by atoms with van der Waals surface area (Å²) in [6.45, 7) is 3.21. The fraction of sp³-hybridized carbons (Fsp3) is 0.791. The summed E-state index contributed by atoms with van der Waals surface area (Å²) in [5, 5.41) is 0. The molecule has 2 nitrogen and oxygen atoms in total. The molecule has 252 valence electrons. The van der Waals surface area contributed by atoms with E-state index in [-0.39, 0.29) is 0 Å². The van der Waals surface area contributed by atoms with Crippen LogP contribution in [0.25, 0.3) is 0 Å². The Bertz CT molecular complexity index is 1100. The number of fused-ring (bicyclic) bond motifs is 3. The maximum Gasteiger partial charge on any atom is 0.254 e. The van der Waals surface area contributed by atoms with Crippen molar-refractivity contribution in [2.45, 2.75) is 219 Å². The molecule has 45 heavy (non-hydrogen) atoms. The lowest BCUT2D eigenvalue weighted by Gasteiger charge is -2.24. The fourth-order valence-electron chi connectivity index (χ4n) is 7.56. The van der Waals surface area contributed by atoms with E-state index in [1.165, 1.54) is 145 Å². The number of hydrogen-bond donors (Lipinski definition) is 0. The van der Waals surface area contributed by atoms with Crippen LogP contribution in [0.3, 0.4) is 0 Å². The molecule has 3 rings (SSSR count). The van der Waals surface area contributed by atoms with Gasteiger partial charge in [0.05, 0.1) is 0 Å². The van der Waals surface area contributed by atoms with Gasteiger partial charge >= 0.3 is 0 Å². The van der Waals surface area contributed by atoms with Crippen molar-refractivity contribution >= 4 is 0 Å². The van der Waals surface area contributed by atoms with E-state index in [2.05, 4.69) is 35.2 Å². The maximum atomic E-state index is 14.3. The largest absolute Gasteiger partial charge is 0.312 e. The molecule has 0 aliphatic heterocycles. The van der Waals surface area contributed by atoms with Crippen LogP contribution in [0.5, 0.6) is 0 Å². The van der Waals surface area contributed by atoms with Crippen molar-refractivity contribution in [2.24, 2.45) is 0 Å². The third-order valence-electron chi connectivity index (χ3n) is 10.3. The van der Waals surface area contributed by atoms with Crippen molar-refractivity contribution in [3.05, 3.63) is 32.7 Å². The molecule has 0 N–H and O–H groups in total. The van der Waals surface area contributed by atoms with Crippen molar-refractivity contribution < 1.29 is 0 Å². The summed E-state index contributed by atoms with van der Waals surface area (Å²) < 4.78 is 2.29. The molecule has 1 aromatic heterocycles. The fourth-order valence-corrected chi connectivity index (χ4v) is 7.56. The van der Waals surface area contributed by atoms with Gasteiger partial charge in [-0.05, 0) is 81.8 Å². The summed E-state index contributed by atoms with van der Waals surface area (Å²) in [5.41, 5.74) is 5.88. The minimum Gasteiger partial charge on any atom is -0.312 e. The second kappa shape index (κ2) is 25.2. The molecule has 0 saturated carbocycles. The van der Waals surface area contributed by atoms with E-state index in [0.717, 1.165) is 89.2 Å². The van der Waals surface area contributed by atoms with Crippen LogP contribution in [0.1, 0.15) is 209 Å². The van der Waals surface area contributed by atoms with Gasteiger partial charge in [-0.15, -0.1) is 23.7 Å². The zero-order valence-electron chi connectivity index (χ0n) is 29.7. The molecule has 0 atom stereocenters. The molecule has 0 bridgehead atoms.